The van der Waals surface area contributed by atoms with Gasteiger partial charge < -0.3 is 5.32 Å². The van der Waals surface area contributed by atoms with E-state index >= 15 is 0 Å². The lowest BCUT2D eigenvalue weighted by Crippen LogP contribution is -2.13. The maximum Gasteiger partial charge on any atom is 0.277 e. The quantitative estimate of drug-likeness (QED) is 0.610. The van der Waals surface area contributed by atoms with E-state index in [0.29, 0.717) is 11.5 Å². The number of carbonyl (C=O) groups excluding carboxylic acids is 1. The molecule has 4 aromatic rings. The van der Waals surface area contributed by atoms with E-state index in [2.05, 4.69) is 25.6 Å². The van der Waals surface area contributed by atoms with E-state index < -0.39 is 0 Å². The topological polar surface area (TPSA) is 94.9 Å². The number of amides is 1. The molecular formula is C16H16N8O. The first-order valence-electron chi connectivity index (χ1n) is 7.67. The summed E-state index contributed by atoms with van der Waals surface area (Å²) < 4.78 is 5.06. The minimum Gasteiger partial charge on any atom is -0.304 e. The number of rotatable bonds is 3. The Morgan fingerprint density at radius 3 is 2.72 bits per heavy atom. The van der Waals surface area contributed by atoms with Crippen LogP contribution in [0.4, 0.5) is 5.82 Å². The first kappa shape index (κ1) is 15.1. The van der Waals surface area contributed by atoms with E-state index in [-0.39, 0.29) is 11.6 Å². The lowest BCUT2D eigenvalue weighted by atomic mass is 10.2. The van der Waals surface area contributed by atoms with Crippen LogP contribution in [0.2, 0.25) is 0 Å². The van der Waals surface area contributed by atoms with Gasteiger partial charge in [-0.15, -0.1) is 0 Å². The summed E-state index contributed by atoms with van der Waals surface area (Å²) in [6, 6.07) is 5.22. The third-order valence-corrected chi connectivity index (χ3v) is 4.06. The van der Waals surface area contributed by atoms with E-state index in [1.54, 1.807) is 51.6 Å². The van der Waals surface area contributed by atoms with Gasteiger partial charge in [-0.25, -0.2) is 9.50 Å². The molecule has 0 bridgehead atoms. The maximum atomic E-state index is 12.4. The number of fused-ring (bicyclic) bond motifs is 1. The van der Waals surface area contributed by atoms with Gasteiger partial charge in [-0.05, 0) is 13.0 Å². The predicted molar refractivity (Wildman–Crippen MR) is 91.1 cm³/mol. The van der Waals surface area contributed by atoms with Crippen molar-refractivity contribution < 1.29 is 4.79 Å². The number of anilines is 1. The first-order chi connectivity index (χ1) is 12.0. The van der Waals surface area contributed by atoms with E-state index in [1.165, 1.54) is 0 Å². The number of nitrogens with zero attached hydrogens (tertiary/aromatic N) is 7. The van der Waals surface area contributed by atoms with Crippen LogP contribution in [0.25, 0.3) is 16.9 Å². The van der Waals surface area contributed by atoms with Crippen molar-refractivity contribution in [3.8, 4) is 11.3 Å². The van der Waals surface area contributed by atoms with Crippen LogP contribution in [-0.2, 0) is 14.1 Å². The number of carbonyl (C=O) groups is 1. The van der Waals surface area contributed by atoms with Crippen LogP contribution in [0.5, 0.6) is 0 Å². The summed E-state index contributed by atoms with van der Waals surface area (Å²) in [4.78, 5) is 16.7. The van der Waals surface area contributed by atoms with Gasteiger partial charge in [-0.2, -0.15) is 15.3 Å². The Labute approximate surface area is 142 Å². The second-order valence-electron chi connectivity index (χ2n) is 5.73. The van der Waals surface area contributed by atoms with Crippen LogP contribution < -0.4 is 5.32 Å². The summed E-state index contributed by atoms with van der Waals surface area (Å²) in [5, 5.41) is 15.5. The zero-order chi connectivity index (χ0) is 17.6. The minimum atomic E-state index is -0.335. The number of hydrogen-bond donors (Lipinski definition) is 1. The summed E-state index contributed by atoms with van der Waals surface area (Å²) in [5.41, 5.74) is 3.63. The molecule has 9 nitrogen and oxygen atoms in total. The minimum absolute atomic E-state index is 0.271. The van der Waals surface area contributed by atoms with Crippen molar-refractivity contribution in [1.82, 2.24) is 34.2 Å². The fraction of sp³-hybridized carbons (Fsp3) is 0.188. The highest BCUT2D eigenvalue weighted by molar-refractivity contribution is 6.03. The standard InChI is InChI=1S/C16H16N8O/c1-10-11(9-18-23(10)3)13-4-6-17-15-8-12(20-24(13)15)16(25)19-14-5-7-22(2)21-14/h4-9H,1-3H3,(H,19,21,25). The van der Waals surface area contributed by atoms with Gasteiger partial charge >= 0.3 is 0 Å². The van der Waals surface area contributed by atoms with Crippen molar-refractivity contribution in [2.24, 2.45) is 14.1 Å². The van der Waals surface area contributed by atoms with Crippen molar-refractivity contribution in [1.29, 1.82) is 0 Å². The summed E-state index contributed by atoms with van der Waals surface area (Å²) in [6.07, 6.45) is 5.22. The third-order valence-electron chi connectivity index (χ3n) is 4.06. The molecule has 4 heterocycles. The third kappa shape index (κ3) is 2.55. The Balaban J connectivity index is 1.74. The molecule has 0 aliphatic carbocycles. The molecule has 4 rings (SSSR count). The van der Waals surface area contributed by atoms with Gasteiger partial charge in [-0.3, -0.25) is 14.2 Å². The average Bonchev–Trinajstić information content (AvgIpc) is 3.28. The lowest BCUT2D eigenvalue weighted by molar-refractivity contribution is 0.102. The second-order valence-corrected chi connectivity index (χ2v) is 5.73. The van der Waals surface area contributed by atoms with E-state index in [9.17, 15) is 4.79 Å². The van der Waals surface area contributed by atoms with Crippen molar-refractivity contribution in [2.45, 2.75) is 6.92 Å². The molecule has 0 aliphatic rings. The molecule has 0 radical (unpaired) electrons. The summed E-state index contributed by atoms with van der Waals surface area (Å²) >= 11 is 0. The smallest absolute Gasteiger partial charge is 0.277 e. The number of aromatic nitrogens is 7. The predicted octanol–water partition coefficient (Wildman–Crippen LogP) is 1.42. The Morgan fingerprint density at radius 1 is 1.20 bits per heavy atom. The van der Waals surface area contributed by atoms with Crippen molar-refractivity contribution in [2.75, 3.05) is 5.32 Å². The Hall–Kier alpha value is -3.49. The number of aryl methyl sites for hydroxylation is 2. The van der Waals surface area contributed by atoms with Gasteiger partial charge in [0.15, 0.2) is 17.2 Å². The highest BCUT2D eigenvalue weighted by atomic mass is 16.2. The lowest BCUT2D eigenvalue weighted by Gasteiger charge is -2.03. The monoisotopic (exact) mass is 336 g/mol. The zero-order valence-corrected chi connectivity index (χ0v) is 14.0. The largest absolute Gasteiger partial charge is 0.304 e. The van der Waals surface area contributed by atoms with Crippen LogP contribution >= 0.6 is 0 Å². The van der Waals surface area contributed by atoms with Gasteiger partial charge in [0.05, 0.1) is 11.9 Å². The molecular weight excluding hydrogens is 320 g/mol. The molecule has 9 heteroatoms. The molecule has 126 valence electrons. The number of hydrogen-bond acceptors (Lipinski definition) is 5. The fourth-order valence-corrected chi connectivity index (χ4v) is 2.62. The summed E-state index contributed by atoms with van der Waals surface area (Å²) in [5.74, 6) is 0.138. The average molecular weight is 336 g/mol. The summed E-state index contributed by atoms with van der Waals surface area (Å²) in [6.45, 7) is 1.98. The molecule has 0 saturated heterocycles. The molecule has 4 aromatic heterocycles. The van der Waals surface area contributed by atoms with Crippen LogP contribution in [-0.4, -0.2) is 40.1 Å². The van der Waals surface area contributed by atoms with Crippen molar-refractivity contribution in [3.05, 3.63) is 48.2 Å². The number of nitrogens with one attached hydrogen (secondary N) is 1. The molecule has 25 heavy (non-hydrogen) atoms. The molecule has 0 fully saturated rings. The molecule has 0 aromatic carbocycles. The van der Waals surface area contributed by atoms with Crippen LogP contribution in [0.3, 0.4) is 0 Å². The summed E-state index contributed by atoms with van der Waals surface area (Å²) in [7, 11) is 3.67. The van der Waals surface area contributed by atoms with Gasteiger partial charge in [0.1, 0.15) is 0 Å². The second kappa shape index (κ2) is 5.55. The first-order valence-corrected chi connectivity index (χ1v) is 7.67. The Bertz CT molecular complexity index is 1090. The fourth-order valence-electron chi connectivity index (χ4n) is 2.62. The molecule has 0 aliphatic heterocycles. The van der Waals surface area contributed by atoms with Crippen molar-refractivity contribution >= 4 is 17.4 Å². The normalized spacial score (nSPS) is 11.2. The SMILES string of the molecule is Cc1c(-c2ccnc3cc(C(=O)Nc4ccn(C)n4)nn23)cnn1C. The van der Waals surface area contributed by atoms with Gasteiger partial charge in [-0.1, -0.05) is 0 Å². The van der Waals surface area contributed by atoms with Crippen LogP contribution in [0, 0.1) is 6.92 Å². The Morgan fingerprint density at radius 2 is 2.04 bits per heavy atom. The molecule has 0 saturated carbocycles. The molecule has 1 N–H and O–H groups in total. The molecule has 0 unspecified atom stereocenters. The van der Waals surface area contributed by atoms with Gasteiger partial charge in [0, 0.05) is 49.9 Å². The highest BCUT2D eigenvalue weighted by Gasteiger charge is 2.16. The zero-order valence-electron chi connectivity index (χ0n) is 14.0. The van der Waals surface area contributed by atoms with E-state index in [0.717, 1.165) is 17.0 Å². The highest BCUT2D eigenvalue weighted by Crippen LogP contribution is 2.23. The Kier molecular flexibility index (Phi) is 3.34. The molecule has 1 amide bonds. The van der Waals surface area contributed by atoms with Gasteiger partial charge in [0.25, 0.3) is 5.91 Å². The molecule has 0 spiro atoms. The van der Waals surface area contributed by atoms with E-state index in [1.807, 2.05) is 20.0 Å². The van der Waals surface area contributed by atoms with Gasteiger partial charge in [0.2, 0.25) is 0 Å². The molecule has 0 atom stereocenters. The van der Waals surface area contributed by atoms with Crippen LogP contribution in [0.15, 0.2) is 36.8 Å². The van der Waals surface area contributed by atoms with Crippen molar-refractivity contribution in [3.63, 3.8) is 0 Å². The van der Waals surface area contributed by atoms with Crippen LogP contribution in [0.1, 0.15) is 16.2 Å². The van der Waals surface area contributed by atoms with E-state index in [4.69, 9.17) is 0 Å². The maximum absolute atomic E-state index is 12.4.